The molecule has 1 N–H and O–H groups in total. The van der Waals surface area contributed by atoms with Crippen LogP contribution < -0.4 is 5.32 Å². The van der Waals surface area contributed by atoms with E-state index in [9.17, 15) is 9.59 Å². The van der Waals surface area contributed by atoms with Crippen LogP contribution in [-0.2, 0) is 16.1 Å². The number of esters is 1. The Kier molecular flexibility index (Phi) is 6.67. The van der Waals surface area contributed by atoms with Gasteiger partial charge in [-0.25, -0.2) is 4.79 Å². The summed E-state index contributed by atoms with van der Waals surface area (Å²) in [7, 11) is 1.35. The number of hydrogen-bond donors (Lipinski definition) is 1. The molecule has 0 aromatic heterocycles. The first kappa shape index (κ1) is 17.6. The fourth-order valence-corrected chi connectivity index (χ4v) is 2.80. The Morgan fingerprint density at radius 2 is 1.74 bits per heavy atom. The third kappa shape index (κ3) is 5.73. The number of halogens is 1. The molecule has 23 heavy (non-hydrogen) atoms. The topological polar surface area (TPSA) is 55.4 Å². The molecule has 0 bridgehead atoms. The van der Waals surface area contributed by atoms with E-state index in [4.69, 9.17) is 0 Å². The Labute approximate surface area is 147 Å². The molecule has 6 heteroatoms. The van der Waals surface area contributed by atoms with Crippen molar-refractivity contribution >= 4 is 39.6 Å². The minimum absolute atomic E-state index is 0.0324. The number of amides is 1. The van der Waals surface area contributed by atoms with E-state index in [1.54, 1.807) is 24.3 Å². The van der Waals surface area contributed by atoms with Crippen molar-refractivity contribution in [3.05, 3.63) is 64.1 Å². The molecular weight excluding hydrogens is 378 g/mol. The lowest BCUT2D eigenvalue weighted by Gasteiger charge is -2.06. The summed E-state index contributed by atoms with van der Waals surface area (Å²) in [6.07, 6.45) is 0. The average Bonchev–Trinajstić information content (AvgIpc) is 2.59. The molecule has 0 saturated carbocycles. The quantitative estimate of drug-likeness (QED) is 0.601. The predicted octanol–water partition coefficient (Wildman–Crippen LogP) is 3.64. The maximum absolute atomic E-state index is 11.9. The van der Waals surface area contributed by atoms with Crippen LogP contribution in [0.2, 0.25) is 0 Å². The van der Waals surface area contributed by atoms with Gasteiger partial charge in [0.25, 0.3) is 0 Å². The van der Waals surface area contributed by atoms with Gasteiger partial charge in [0.05, 0.1) is 18.4 Å². The van der Waals surface area contributed by atoms with Crippen molar-refractivity contribution in [3.8, 4) is 0 Å². The van der Waals surface area contributed by atoms with Crippen molar-refractivity contribution < 1.29 is 14.3 Å². The van der Waals surface area contributed by atoms with Gasteiger partial charge in [0, 0.05) is 15.9 Å². The normalized spacial score (nSPS) is 10.2. The third-order valence-electron chi connectivity index (χ3n) is 3.05. The van der Waals surface area contributed by atoms with Crippen LogP contribution in [0.15, 0.2) is 57.9 Å². The van der Waals surface area contributed by atoms with Gasteiger partial charge in [0.15, 0.2) is 0 Å². The number of rotatable bonds is 6. The van der Waals surface area contributed by atoms with Crippen LogP contribution in [0.1, 0.15) is 15.9 Å². The van der Waals surface area contributed by atoms with Crippen molar-refractivity contribution in [3.63, 3.8) is 0 Å². The third-order valence-corrected chi connectivity index (χ3v) is 4.59. The van der Waals surface area contributed by atoms with Gasteiger partial charge in [-0.1, -0.05) is 28.1 Å². The molecule has 0 aliphatic heterocycles. The van der Waals surface area contributed by atoms with Crippen LogP contribution in [0, 0.1) is 0 Å². The molecule has 0 heterocycles. The SMILES string of the molecule is COC(=O)c1ccc(CNC(=O)CSc2ccc(Br)cc2)cc1. The molecule has 2 aromatic rings. The number of benzene rings is 2. The highest BCUT2D eigenvalue weighted by Crippen LogP contribution is 2.20. The molecule has 2 aromatic carbocycles. The van der Waals surface area contributed by atoms with E-state index >= 15 is 0 Å². The van der Waals surface area contributed by atoms with E-state index in [1.807, 2.05) is 24.3 Å². The van der Waals surface area contributed by atoms with Crippen molar-refractivity contribution in [2.75, 3.05) is 12.9 Å². The highest BCUT2D eigenvalue weighted by atomic mass is 79.9. The number of carbonyl (C=O) groups excluding carboxylic acids is 2. The van der Waals surface area contributed by atoms with Crippen LogP contribution in [0.25, 0.3) is 0 Å². The molecule has 1 amide bonds. The molecule has 0 unspecified atom stereocenters. The molecule has 0 radical (unpaired) electrons. The first-order valence-electron chi connectivity index (χ1n) is 6.91. The number of hydrogen-bond acceptors (Lipinski definition) is 4. The lowest BCUT2D eigenvalue weighted by molar-refractivity contribution is -0.118. The van der Waals surface area contributed by atoms with E-state index in [-0.39, 0.29) is 11.9 Å². The Bertz CT molecular complexity index is 671. The van der Waals surface area contributed by atoms with Gasteiger partial charge in [-0.2, -0.15) is 0 Å². The zero-order valence-electron chi connectivity index (χ0n) is 12.5. The average molecular weight is 394 g/mol. The van der Waals surface area contributed by atoms with Gasteiger partial charge in [-0.15, -0.1) is 11.8 Å². The second kappa shape index (κ2) is 8.74. The lowest BCUT2D eigenvalue weighted by atomic mass is 10.1. The van der Waals surface area contributed by atoms with E-state index in [1.165, 1.54) is 18.9 Å². The van der Waals surface area contributed by atoms with Crippen LogP contribution >= 0.6 is 27.7 Å². The largest absolute Gasteiger partial charge is 0.465 e. The number of thioether (sulfide) groups is 1. The van der Waals surface area contributed by atoms with Crippen LogP contribution in [0.5, 0.6) is 0 Å². The zero-order chi connectivity index (χ0) is 16.7. The fourth-order valence-electron chi connectivity index (χ4n) is 1.81. The van der Waals surface area contributed by atoms with Crippen molar-refractivity contribution in [1.82, 2.24) is 5.32 Å². The molecule has 120 valence electrons. The standard InChI is InChI=1S/C17H16BrNO3S/c1-22-17(21)13-4-2-12(3-5-13)10-19-16(20)11-23-15-8-6-14(18)7-9-15/h2-9H,10-11H2,1H3,(H,19,20). The Morgan fingerprint density at radius 3 is 2.35 bits per heavy atom. The summed E-state index contributed by atoms with van der Waals surface area (Å²) in [5.41, 5.74) is 1.42. The van der Waals surface area contributed by atoms with Gasteiger partial charge in [0.1, 0.15) is 0 Å². The van der Waals surface area contributed by atoms with Gasteiger partial charge in [0.2, 0.25) is 5.91 Å². The Balaban J connectivity index is 1.77. The molecule has 0 saturated heterocycles. The first-order chi connectivity index (χ1) is 11.1. The van der Waals surface area contributed by atoms with Crippen LogP contribution in [0.3, 0.4) is 0 Å². The molecule has 0 spiro atoms. The zero-order valence-corrected chi connectivity index (χ0v) is 14.9. The van der Waals surface area contributed by atoms with Crippen molar-refractivity contribution in [2.24, 2.45) is 0 Å². The second-order valence-electron chi connectivity index (χ2n) is 4.71. The van der Waals surface area contributed by atoms with E-state index in [2.05, 4.69) is 26.0 Å². The van der Waals surface area contributed by atoms with Crippen molar-refractivity contribution in [2.45, 2.75) is 11.4 Å². The summed E-state index contributed by atoms with van der Waals surface area (Å²) < 4.78 is 5.66. The predicted molar refractivity (Wildman–Crippen MR) is 94.5 cm³/mol. The molecule has 0 aliphatic rings. The summed E-state index contributed by atoms with van der Waals surface area (Å²) in [6.45, 7) is 0.432. The molecule has 0 aliphatic carbocycles. The molecule has 0 fully saturated rings. The van der Waals surface area contributed by atoms with Crippen LogP contribution in [-0.4, -0.2) is 24.7 Å². The lowest BCUT2D eigenvalue weighted by Crippen LogP contribution is -2.24. The highest BCUT2D eigenvalue weighted by Gasteiger charge is 2.06. The van der Waals surface area contributed by atoms with Crippen molar-refractivity contribution in [1.29, 1.82) is 0 Å². The second-order valence-corrected chi connectivity index (χ2v) is 6.67. The van der Waals surface area contributed by atoms with Gasteiger partial charge in [-0.05, 0) is 42.0 Å². The first-order valence-corrected chi connectivity index (χ1v) is 8.68. The van der Waals surface area contributed by atoms with E-state index < -0.39 is 0 Å². The summed E-state index contributed by atoms with van der Waals surface area (Å²) in [6, 6.07) is 14.8. The maximum atomic E-state index is 11.9. The summed E-state index contributed by atoms with van der Waals surface area (Å²) in [5, 5.41) is 2.86. The van der Waals surface area contributed by atoms with Gasteiger partial charge < -0.3 is 10.1 Å². The number of ether oxygens (including phenoxy) is 1. The van der Waals surface area contributed by atoms with Crippen LogP contribution in [0.4, 0.5) is 0 Å². The highest BCUT2D eigenvalue weighted by molar-refractivity contribution is 9.10. The maximum Gasteiger partial charge on any atom is 0.337 e. The van der Waals surface area contributed by atoms with E-state index in [0.717, 1.165) is 14.9 Å². The Hall–Kier alpha value is -1.79. The summed E-state index contributed by atoms with van der Waals surface area (Å²) in [4.78, 5) is 24.2. The monoisotopic (exact) mass is 393 g/mol. The summed E-state index contributed by atoms with van der Waals surface area (Å²) >= 11 is 4.86. The molecular formula is C17H16BrNO3S. The molecule has 0 atom stereocenters. The summed E-state index contributed by atoms with van der Waals surface area (Å²) in [5.74, 6) is -0.0385. The Morgan fingerprint density at radius 1 is 1.09 bits per heavy atom. The number of methoxy groups -OCH3 is 1. The van der Waals surface area contributed by atoms with Gasteiger partial charge >= 0.3 is 5.97 Å². The minimum Gasteiger partial charge on any atom is -0.465 e. The number of nitrogens with one attached hydrogen (secondary N) is 1. The van der Waals surface area contributed by atoms with Gasteiger partial charge in [-0.3, -0.25) is 4.79 Å². The smallest absolute Gasteiger partial charge is 0.337 e. The van der Waals surface area contributed by atoms with E-state index in [0.29, 0.717) is 17.9 Å². The number of carbonyl (C=O) groups is 2. The molecule has 4 nitrogen and oxygen atoms in total. The fraction of sp³-hybridized carbons (Fsp3) is 0.176. The minimum atomic E-state index is -0.369. The molecule has 2 rings (SSSR count).